The Kier molecular flexibility index (Phi) is 6.32. The van der Waals surface area contributed by atoms with Crippen LogP contribution < -0.4 is 9.47 Å². The van der Waals surface area contributed by atoms with Crippen molar-refractivity contribution in [3.8, 4) is 11.5 Å². The second-order valence-electron chi connectivity index (χ2n) is 8.69. The van der Waals surface area contributed by atoms with Crippen molar-refractivity contribution in [3.05, 3.63) is 59.2 Å². The van der Waals surface area contributed by atoms with Gasteiger partial charge in [0.2, 0.25) is 0 Å². The van der Waals surface area contributed by atoms with E-state index < -0.39 is 5.60 Å². The molecular weight excluding hydrogens is 378 g/mol. The molecule has 0 spiro atoms. The van der Waals surface area contributed by atoms with Gasteiger partial charge in [0.1, 0.15) is 6.61 Å². The summed E-state index contributed by atoms with van der Waals surface area (Å²) in [6, 6.07) is 15.4. The Labute approximate surface area is 179 Å². The topological polar surface area (TPSA) is 51.2 Å². The number of methoxy groups -OCH3 is 2. The van der Waals surface area contributed by atoms with Crippen molar-refractivity contribution in [1.82, 2.24) is 4.90 Å². The predicted octanol–water partition coefficient (Wildman–Crippen LogP) is 4.04. The van der Waals surface area contributed by atoms with Gasteiger partial charge in [-0.3, -0.25) is 4.90 Å². The fourth-order valence-electron chi connectivity index (χ4n) is 5.05. The van der Waals surface area contributed by atoms with Gasteiger partial charge in [0.25, 0.3) is 0 Å². The van der Waals surface area contributed by atoms with Crippen LogP contribution in [0.4, 0.5) is 0 Å². The summed E-state index contributed by atoms with van der Waals surface area (Å²) in [5, 5.41) is 11.4. The first-order valence-electron chi connectivity index (χ1n) is 10.9. The van der Waals surface area contributed by atoms with Gasteiger partial charge in [0.05, 0.1) is 19.3 Å². The van der Waals surface area contributed by atoms with Gasteiger partial charge in [-0.05, 0) is 55.9 Å². The van der Waals surface area contributed by atoms with Crippen LogP contribution in [0.2, 0.25) is 0 Å². The summed E-state index contributed by atoms with van der Waals surface area (Å²) in [7, 11) is 3.34. The van der Waals surface area contributed by atoms with Crippen LogP contribution in [0.15, 0.2) is 42.5 Å². The molecule has 2 fully saturated rings. The number of piperidine rings is 1. The lowest BCUT2D eigenvalue weighted by molar-refractivity contribution is -0.0595. The van der Waals surface area contributed by atoms with E-state index in [4.69, 9.17) is 14.2 Å². The predicted molar refractivity (Wildman–Crippen MR) is 117 cm³/mol. The molecule has 2 aliphatic rings. The van der Waals surface area contributed by atoms with Crippen molar-refractivity contribution < 1.29 is 19.3 Å². The van der Waals surface area contributed by atoms with Crippen LogP contribution in [0.25, 0.3) is 0 Å². The molecule has 2 heterocycles. The van der Waals surface area contributed by atoms with Crippen molar-refractivity contribution in [2.75, 3.05) is 27.4 Å². The highest BCUT2D eigenvalue weighted by Crippen LogP contribution is 2.46. The summed E-state index contributed by atoms with van der Waals surface area (Å²) in [6.07, 6.45) is 3.88. The van der Waals surface area contributed by atoms with Gasteiger partial charge in [0.15, 0.2) is 11.5 Å². The first-order chi connectivity index (χ1) is 14.5. The zero-order chi connectivity index (χ0) is 21.1. The molecule has 2 bridgehead atoms. The van der Waals surface area contributed by atoms with Crippen molar-refractivity contribution in [2.24, 2.45) is 0 Å². The first-order valence-corrected chi connectivity index (χ1v) is 10.9. The largest absolute Gasteiger partial charge is 0.493 e. The minimum absolute atomic E-state index is 0.402. The highest BCUT2D eigenvalue weighted by Gasteiger charge is 2.48. The number of aliphatic hydroxyl groups is 1. The van der Waals surface area contributed by atoms with Gasteiger partial charge in [0, 0.05) is 25.7 Å². The van der Waals surface area contributed by atoms with E-state index >= 15 is 0 Å². The minimum atomic E-state index is -0.716. The smallest absolute Gasteiger partial charge is 0.161 e. The highest BCUT2D eigenvalue weighted by atomic mass is 16.5. The monoisotopic (exact) mass is 411 g/mol. The first kappa shape index (κ1) is 21.2. The fraction of sp³-hybridized carbons (Fsp3) is 0.520. The Morgan fingerprint density at radius 3 is 2.30 bits per heavy atom. The maximum Gasteiger partial charge on any atom is 0.161 e. The quantitative estimate of drug-likeness (QED) is 0.665. The maximum absolute atomic E-state index is 11.4. The third kappa shape index (κ3) is 4.34. The number of ether oxygens (including phenoxy) is 3. The van der Waals surface area contributed by atoms with Gasteiger partial charge < -0.3 is 19.3 Å². The molecule has 30 heavy (non-hydrogen) atoms. The average Bonchev–Trinajstić information content (AvgIpc) is 2.99. The number of hydrogen-bond donors (Lipinski definition) is 1. The van der Waals surface area contributed by atoms with Crippen molar-refractivity contribution in [3.63, 3.8) is 0 Å². The zero-order valence-corrected chi connectivity index (χ0v) is 18.3. The number of aryl methyl sites for hydroxylation is 1. The Bertz CT molecular complexity index is 837. The summed E-state index contributed by atoms with van der Waals surface area (Å²) in [5.41, 5.74) is 2.78. The van der Waals surface area contributed by atoms with Crippen molar-refractivity contribution in [1.29, 1.82) is 0 Å². The lowest BCUT2D eigenvalue weighted by Gasteiger charge is -2.44. The van der Waals surface area contributed by atoms with Gasteiger partial charge in [-0.25, -0.2) is 0 Å². The fourth-order valence-corrected chi connectivity index (χ4v) is 5.05. The van der Waals surface area contributed by atoms with Crippen LogP contribution in [-0.2, 0) is 16.9 Å². The van der Waals surface area contributed by atoms with Gasteiger partial charge in [-0.15, -0.1) is 0 Å². The second-order valence-corrected chi connectivity index (χ2v) is 8.69. The van der Waals surface area contributed by atoms with E-state index in [1.54, 1.807) is 14.2 Å². The minimum Gasteiger partial charge on any atom is -0.493 e. The molecule has 0 amide bonds. The number of rotatable bonds is 8. The van der Waals surface area contributed by atoms with E-state index in [2.05, 4.69) is 48.2 Å². The van der Waals surface area contributed by atoms with Gasteiger partial charge in [-0.2, -0.15) is 0 Å². The summed E-state index contributed by atoms with van der Waals surface area (Å²) in [4.78, 5) is 2.57. The molecule has 4 rings (SSSR count). The van der Waals surface area contributed by atoms with Gasteiger partial charge >= 0.3 is 0 Å². The molecule has 0 aromatic heterocycles. The molecule has 0 aliphatic carbocycles. The normalized spacial score (nSPS) is 26.0. The average molecular weight is 412 g/mol. The number of hydrogen-bond acceptors (Lipinski definition) is 5. The van der Waals surface area contributed by atoms with E-state index in [-0.39, 0.29) is 0 Å². The molecule has 5 nitrogen and oxygen atoms in total. The molecule has 2 saturated heterocycles. The molecule has 2 unspecified atom stereocenters. The molecule has 2 aromatic carbocycles. The van der Waals surface area contributed by atoms with E-state index in [1.807, 2.05) is 6.07 Å². The van der Waals surface area contributed by atoms with Crippen molar-refractivity contribution in [2.45, 2.75) is 56.8 Å². The third-order valence-electron chi connectivity index (χ3n) is 6.64. The second kappa shape index (κ2) is 8.96. The zero-order valence-electron chi connectivity index (χ0n) is 18.3. The van der Waals surface area contributed by atoms with Crippen LogP contribution in [0, 0.1) is 6.92 Å². The maximum atomic E-state index is 11.4. The molecule has 5 heteroatoms. The Morgan fingerprint density at radius 2 is 1.67 bits per heavy atom. The van der Waals surface area contributed by atoms with Crippen LogP contribution in [0.5, 0.6) is 11.5 Å². The third-order valence-corrected chi connectivity index (χ3v) is 6.64. The molecule has 0 saturated carbocycles. The van der Waals surface area contributed by atoms with E-state index in [0.29, 0.717) is 25.3 Å². The molecular formula is C25H33NO4. The molecule has 2 aromatic rings. The van der Waals surface area contributed by atoms with E-state index in [0.717, 1.165) is 49.3 Å². The lowest BCUT2D eigenvalue weighted by atomic mass is 9.80. The Balaban J connectivity index is 1.46. The number of fused-ring (bicyclic) bond motifs is 2. The number of nitrogens with zero attached hydrogens (tertiary/aromatic N) is 1. The van der Waals surface area contributed by atoms with Crippen LogP contribution >= 0.6 is 0 Å². The van der Waals surface area contributed by atoms with E-state index in [1.165, 1.54) is 11.1 Å². The molecule has 2 atom stereocenters. The molecule has 1 N–H and O–H groups in total. The van der Waals surface area contributed by atoms with Gasteiger partial charge in [-0.1, -0.05) is 35.9 Å². The molecule has 162 valence electrons. The van der Waals surface area contributed by atoms with Crippen LogP contribution in [-0.4, -0.2) is 49.5 Å². The van der Waals surface area contributed by atoms with E-state index in [9.17, 15) is 5.11 Å². The Hall–Kier alpha value is -2.08. The summed E-state index contributed by atoms with van der Waals surface area (Å²) in [6.45, 7) is 4.00. The highest BCUT2D eigenvalue weighted by molar-refractivity contribution is 5.43. The summed E-state index contributed by atoms with van der Waals surface area (Å²) >= 11 is 0. The Morgan fingerprint density at radius 1 is 0.967 bits per heavy atom. The SMILES string of the molecule is COCCOc1ccc(CN2C3CCC2CC(O)(c2ccc(C)cc2)C3)cc1OC. The molecule has 0 radical (unpaired) electrons. The van der Waals surface area contributed by atoms with Crippen LogP contribution in [0.3, 0.4) is 0 Å². The van der Waals surface area contributed by atoms with Crippen LogP contribution in [0.1, 0.15) is 42.4 Å². The standard InChI is InChI=1S/C25H33NO4/c1-18-4-7-20(8-5-18)25(27)15-21-9-10-22(16-25)26(21)17-19-6-11-23(24(14-19)29-3)30-13-12-28-2/h4-8,11,14,21-22,27H,9-10,12-13,15-17H2,1-3H3. The van der Waals surface area contributed by atoms with Crippen molar-refractivity contribution >= 4 is 0 Å². The molecule has 2 aliphatic heterocycles. The summed E-state index contributed by atoms with van der Waals surface area (Å²) < 4.78 is 16.4. The lowest BCUT2D eigenvalue weighted by Crippen LogP contribution is -2.49. The number of benzene rings is 2. The summed E-state index contributed by atoms with van der Waals surface area (Å²) in [5.74, 6) is 1.50.